The van der Waals surface area contributed by atoms with Crippen LogP contribution in [-0.2, 0) is 16.1 Å². The van der Waals surface area contributed by atoms with Crippen molar-refractivity contribution < 1.29 is 9.53 Å². The topological polar surface area (TPSA) is 55.6 Å². The smallest absolute Gasteiger partial charge is 0.224 e. The van der Waals surface area contributed by atoms with Gasteiger partial charge in [-0.25, -0.2) is 0 Å². The molecule has 0 fully saturated rings. The van der Waals surface area contributed by atoms with Gasteiger partial charge in [-0.1, -0.05) is 30.3 Å². The summed E-state index contributed by atoms with van der Waals surface area (Å²) in [5.74, 6) is 0.0704. The van der Waals surface area contributed by atoms with Crippen LogP contribution in [0.1, 0.15) is 18.9 Å². The molecular formula is C14H23ClN2O2. The number of likely N-dealkylation sites (N-methyl/N-ethyl adjacent to an activating group) is 1. The van der Waals surface area contributed by atoms with Gasteiger partial charge in [0.1, 0.15) is 0 Å². The summed E-state index contributed by atoms with van der Waals surface area (Å²) in [5.41, 5.74) is 6.64. The Morgan fingerprint density at radius 1 is 1.37 bits per heavy atom. The second-order valence-corrected chi connectivity index (χ2v) is 4.38. The minimum absolute atomic E-state index is 0. The van der Waals surface area contributed by atoms with E-state index >= 15 is 0 Å². The fourth-order valence-electron chi connectivity index (χ4n) is 1.50. The summed E-state index contributed by atoms with van der Waals surface area (Å²) in [7, 11) is 1.77. The van der Waals surface area contributed by atoms with E-state index in [2.05, 4.69) is 0 Å². The number of ether oxygens (including phenoxy) is 1. The molecule has 1 atom stereocenters. The van der Waals surface area contributed by atoms with E-state index in [0.717, 1.165) is 5.56 Å². The van der Waals surface area contributed by atoms with Crippen molar-refractivity contribution in [3.05, 3.63) is 35.9 Å². The molecule has 1 unspecified atom stereocenters. The zero-order valence-electron chi connectivity index (χ0n) is 11.5. The third-order valence-corrected chi connectivity index (χ3v) is 2.97. The summed E-state index contributed by atoms with van der Waals surface area (Å²) >= 11 is 0. The Morgan fingerprint density at radius 3 is 2.58 bits per heavy atom. The average Bonchev–Trinajstić information content (AvgIpc) is 2.42. The van der Waals surface area contributed by atoms with Gasteiger partial charge >= 0.3 is 0 Å². The molecule has 4 nitrogen and oxygen atoms in total. The molecule has 5 heteroatoms. The number of carbonyl (C=O) groups excluding carboxylic acids is 1. The first-order valence-electron chi connectivity index (χ1n) is 6.22. The number of benzene rings is 1. The lowest BCUT2D eigenvalue weighted by Crippen LogP contribution is -2.40. The molecule has 0 aliphatic rings. The maximum Gasteiger partial charge on any atom is 0.224 e. The monoisotopic (exact) mass is 286 g/mol. The number of nitrogens with zero attached hydrogens (tertiary/aromatic N) is 1. The Balaban J connectivity index is 0.00000324. The van der Waals surface area contributed by atoms with Crippen molar-refractivity contribution in [3.8, 4) is 0 Å². The normalized spacial score (nSPS) is 11.5. The van der Waals surface area contributed by atoms with Crippen LogP contribution in [0.4, 0.5) is 0 Å². The van der Waals surface area contributed by atoms with E-state index < -0.39 is 0 Å². The molecule has 2 N–H and O–H groups in total. The molecule has 0 radical (unpaired) electrons. The van der Waals surface area contributed by atoms with Crippen molar-refractivity contribution in [2.24, 2.45) is 5.73 Å². The van der Waals surface area contributed by atoms with Gasteiger partial charge in [0.15, 0.2) is 0 Å². The molecule has 0 aliphatic heterocycles. The first-order chi connectivity index (χ1) is 8.65. The summed E-state index contributed by atoms with van der Waals surface area (Å²) < 4.78 is 5.48. The molecule has 1 aromatic rings. The third kappa shape index (κ3) is 6.57. The summed E-state index contributed by atoms with van der Waals surface area (Å²) in [6, 6.07) is 10.00. The van der Waals surface area contributed by atoms with Crippen LogP contribution in [0, 0.1) is 0 Å². The standard InChI is InChI=1S/C14H22N2O2.ClH/c1-12(10-15)16(2)14(17)8-9-18-11-13-6-4-3-5-7-13;/h3-7,12H,8-11,15H2,1-2H3;1H. The van der Waals surface area contributed by atoms with Crippen molar-refractivity contribution in [2.45, 2.75) is 26.0 Å². The molecule has 1 rings (SSSR count). The molecule has 0 heterocycles. The number of rotatable bonds is 7. The Kier molecular flexibility index (Phi) is 9.21. The highest BCUT2D eigenvalue weighted by molar-refractivity contribution is 5.85. The molecule has 0 saturated carbocycles. The van der Waals surface area contributed by atoms with E-state index in [1.54, 1.807) is 11.9 Å². The first-order valence-corrected chi connectivity index (χ1v) is 6.22. The van der Waals surface area contributed by atoms with Crippen LogP contribution in [0.25, 0.3) is 0 Å². The van der Waals surface area contributed by atoms with Gasteiger partial charge < -0.3 is 15.4 Å². The van der Waals surface area contributed by atoms with Crippen LogP contribution in [0.3, 0.4) is 0 Å². The number of carbonyl (C=O) groups is 1. The van der Waals surface area contributed by atoms with Gasteiger partial charge in [-0.15, -0.1) is 12.4 Å². The third-order valence-electron chi connectivity index (χ3n) is 2.97. The van der Waals surface area contributed by atoms with Crippen LogP contribution in [0.15, 0.2) is 30.3 Å². The average molecular weight is 287 g/mol. The lowest BCUT2D eigenvalue weighted by molar-refractivity contribution is -0.132. The number of halogens is 1. The minimum atomic E-state index is 0. The van der Waals surface area contributed by atoms with Gasteiger partial charge in [0.25, 0.3) is 0 Å². The fraction of sp³-hybridized carbons (Fsp3) is 0.500. The van der Waals surface area contributed by atoms with Crippen LogP contribution in [0.5, 0.6) is 0 Å². The second kappa shape index (κ2) is 9.78. The van der Waals surface area contributed by atoms with Gasteiger partial charge in [0, 0.05) is 19.6 Å². The highest BCUT2D eigenvalue weighted by Crippen LogP contribution is 2.02. The molecule has 1 amide bonds. The molecule has 0 saturated heterocycles. The van der Waals surface area contributed by atoms with Crippen LogP contribution >= 0.6 is 12.4 Å². The Hall–Kier alpha value is -1.10. The summed E-state index contributed by atoms with van der Waals surface area (Å²) in [6.07, 6.45) is 0.397. The largest absolute Gasteiger partial charge is 0.376 e. The second-order valence-electron chi connectivity index (χ2n) is 4.38. The first kappa shape index (κ1) is 17.9. The Morgan fingerprint density at radius 2 is 2.00 bits per heavy atom. The van der Waals surface area contributed by atoms with Crippen molar-refractivity contribution in [3.63, 3.8) is 0 Å². The minimum Gasteiger partial charge on any atom is -0.376 e. The molecule has 0 spiro atoms. The van der Waals surface area contributed by atoms with E-state index in [0.29, 0.717) is 26.2 Å². The van der Waals surface area contributed by atoms with E-state index in [4.69, 9.17) is 10.5 Å². The molecule has 108 valence electrons. The van der Waals surface area contributed by atoms with Crippen molar-refractivity contribution in [1.82, 2.24) is 4.90 Å². The van der Waals surface area contributed by atoms with Gasteiger partial charge in [0.2, 0.25) is 5.91 Å². The summed E-state index contributed by atoms with van der Waals surface area (Å²) in [6.45, 7) is 3.40. The molecular weight excluding hydrogens is 264 g/mol. The number of hydrogen-bond donors (Lipinski definition) is 1. The quantitative estimate of drug-likeness (QED) is 0.778. The highest BCUT2D eigenvalue weighted by Gasteiger charge is 2.13. The molecule has 0 bridgehead atoms. The number of nitrogens with two attached hydrogens (primary N) is 1. The van der Waals surface area contributed by atoms with Crippen LogP contribution < -0.4 is 5.73 Å². The van der Waals surface area contributed by atoms with E-state index in [9.17, 15) is 4.79 Å². The summed E-state index contributed by atoms with van der Waals surface area (Å²) in [5, 5.41) is 0. The number of amides is 1. The van der Waals surface area contributed by atoms with Crippen molar-refractivity contribution in [2.75, 3.05) is 20.2 Å². The van der Waals surface area contributed by atoms with E-state index in [1.807, 2.05) is 37.3 Å². The maximum absolute atomic E-state index is 11.7. The van der Waals surface area contributed by atoms with Crippen molar-refractivity contribution >= 4 is 18.3 Å². The Bertz CT molecular complexity index is 360. The zero-order chi connectivity index (χ0) is 13.4. The lowest BCUT2D eigenvalue weighted by Gasteiger charge is -2.23. The van der Waals surface area contributed by atoms with Crippen LogP contribution in [0.2, 0.25) is 0 Å². The van der Waals surface area contributed by atoms with Gasteiger partial charge in [0.05, 0.1) is 19.6 Å². The SMILES string of the molecule is CC(CN)N(C)C(=O)CCOCc1ccccc1.Cl. The van der Waals surface area contributed by atoms with E-state index in [-0.39, 0.29) is 24.4 Å². The van der Waals surface area contributed by atoms with Gasteiger partial charge in [-0.05, 0) is 12.5 Å². The molecule has 0 aromatic heterocycles. The molecule has 19 heavy (non-hydrogen) atoms. The molecule has 1 aromatic carbocycles. The van der Waals surface area contributed by atoms with Crippen molar-refractivity contribution in [1.29, 1.82) is 0 Å². The highest BCUT2D eigenvalue weighted by atomic mass is 35.5. The van der Waals surface area contributed by atoms with E-state index in [1.165, 1.54) is 0 Å². The zero-order valence-corrected chi connectivity index (χ0v) is 12.4. The fourth-order valence-corrected chi connectivity index (χ4v) is 1.50. The maximum atomic E-state index is 11.7. The van der Waals surface area contributed by atoms with Gasteiger partial charge in [-0.3, -0.25) is 4.79 Å². The predicted octanol–water partition coefficient (Wildman–Crippen LogP) is 1.82. The Labute approximate surface area is 121 Å². The predicted molar refractivity (Wildman–Crippen MR) is 79.2 cm³/mol. The lowest BCUT2D eigenvalue weighted by atomic mass is 10.2. The summed E-state index contributed by atoms with van der Waals surface area (Å²) in [4.78, 5) is 13.4. The molecule has 0 aliphatic carbocycles. The van der Waals surface area contributed by atoms with Gasteiger partial charge in [-0.2, -0.15) is 0 Å². The van der Waals surface area contributed by atoms with Crippen LogP contribution in [-0.4, -0.2) is 37.0 Å². The number of hydrogen-bond acceptors (Lipinski definition) is 3.